The van der Waals surface area contributed by atoms with E-state index in [-0.39, 0.29) is 0 Å². The van der Waals surface area contributed by atoms with Gasteiger partial charge in [-0.25, -0.2) is 0 Å². The molecule has 4 aromatic rings. The summed E-state index contributed by atoms with van der Waals surface area (Å²) in [4.78, 5) is 0. The summed E-state index contributed by atoms with van der Waals surface area (Å²) in [6.07, 6.45) is 0. The minimum Gasteiger partial charge on any atom is -0.371 e. The number of nitrogens with one attached hydrogen (secondary N) is 1. The van der Waals surface area contributed by atoms with Gasteiger partial charge in [0.1, 0.15) is 5.69 Å². The van der Waals surface area contributed by atoms with Crippen molar-refractivity contribution in [3.05, 3.63) is 53.9 Å². The van der Waals surface area contributed by atoms with Gasteiger partial charge in [-0.2, -0.15) is 0 Å². The van der Waals surface area contributed by atoms with Gasteiger partial charge in [-0.3, -0.25) is 0 Å². The second-order valence-corrected chi connectivity index (χ2v) is 5.75. The van der Waals surface area contributed by atoms with E-state index in [0.717, 1.165) is 27.8 Å². The first kappa shape index (κ1) is 12.3. The van der Waals surface area contributed by atoms with Crippen LogP contribution in [0, 0.1) is 0 Å². The largest absolute Gasteiger partial charge is 0.371 e. The normalized spacial score (nSPS) is 11.1. The maximum absolute atomic E-state index is 4.47. The van der Waals surface area contributed by atoms with Crippen LogP contribution in [-0.4, -0.2) is 17.2 Å². The molecule has 0 amide bonds. The molecule has 0 radical (unpaired) electrons. The Morgan fingerprint density at radius 3 is 2.62 bits per heavy atom. The Bertz CT molecular complexity index is 943. The Hall–Kier alpha value is -2.46. The van der Waals surface area contributed by atoms with E-state index in [1.807, 2.05) is 19.2 Å². The standard InChI is InChI=1S/C17H13N3S/c1-18-17-13-7-3-2-6-12(13)15(19-20-17)14-8-4-5-11-9-10-21-16(11)14/h2-10H,1H3,(H,18,20). The summed E-state index contributed by atoms with van der Waals surface area (Å²) in [5.74, 6) is 0.813. The van der Waals surface area contributed by atoms with E-state index in [4.69, 9.17) is 0 Å². The van der Waals surface area contributed by atoms with Gasteiger partial charge in [0, 0.05) is 28.1 Å². The highest BCUT2D eigenvalue weighted by Crippen LogP contribution is 2.35. The zero-order valence-electron chi connectivity index (χ0n) is 11.5. The van der Waals surface area contributed by atoms with Gasteiger partial charge in [-0.05, 0) is 16.8 Å². The molecule has 1 N–H and O–H groups in total. The summed E-state index contributed by atoms with van der Waals surface area (Å²) in [6, 6.07) is 16.7. The number of rotatable bonds is 2. The number of benzene rings is 2. The molecule has 0 fully saturated rings. The lowest BCUT2D eigenvalue weighted by Gasteiger charge is -2.09. The maximum atomic E-state index is 4.47. The molecule has 4 heteroatoms. The quantitative estimate of drug-likeness (QED) is 0.588. The van der Waals surface area contributed by atoms with Crippen LogP contribution in [0.15, 0.2) is 53.9 Å². The van der Waals surface area contributed by atoms with Crippen molar-refractivity contribution in [2.24, 2.45) is 0 Å². The van der Waals surface area contributed by atoms with Gasteiger partial charge in [0.2, 0.25) is 0 Å². The fraction of sp³-hybridized carbons (Fsp3) is 0.0588. The minimum atomic E-state index is 0.813. The summed E-state index contributed by atoms with van der Waals surface area (Å²) in [7, 11) is 1.87. The van der Waals surface area contributed by atoms with Crippen LogP contribution < -0.4 is 5.32 Å². The molecule has 2 aromatic carbocycles. The fourth-order valence-electron chi connectivity index (χ4n) is 2.67. The monoisotopic (exact) mass is 291 g/mol. The Balaban J connectivity index is 2.10. The van der Waals surface area contributed by atoms with Crippen LogP contribution in [0.4, 0.5) is 5.82 Å². The van der Waals surface area contributed by atoms with Gasteiger partial charge in [0.15, 0.2) is 5.82 Å². The topological polar surface area (TPSA) is 37.8 Å². The van der Waals surface area contributed by atoms with Gasteiger partial charge in [-0.15, -0.1) is 21.5 Å². The highest BCUT2D eigenvalue weighted by molar-refractivity contribution is 7.17. The maximum Gasteiger partial charge on any atom is 0.156 e. The summed E-state index contributed by atoms with van der Waals surface area (Å²) in [6.45, 7) is 0. The van der Waals surface area contributed by atoms with E-state index >= 15 is 0 Å². The van der Waals surface area contributed by atoms with Crippen molar-refractivity contribution in [3.8, 4) is 11.3 Å². The third-order valence-electron chi connectivity index (χ3n) is 3.66. The molecule has 2 aromatic heterocycles. The van der Waals surface area contributed by atoms with E-state index < -0.39 is 0 Å². The fourth-order valence-corrected chi connectivity index (χ4v) is 3.58. The van der Waals surface area contributed by atoms with Crippen molar-refractivity contribution in [3.63, 3.8) is 0 Å². The molecule has 0 saturated heterocycles. The molecule has 0 spiro atoms. The van der Waals surface area contributed by atoms with Crippen molar-refractivity contribution in [2.45, 2.75) is 0 Å². The first-order chi connectivity index (χ1) is 10.4. The number of hydrogen-bond donors (Lipinski definition) is 1. The molecule has 0 bridgehead atoms. The summed E-state index contributed by atoms with van der Waals surface area (Å²) in [5, 5.41) is 17.5. The zero-order chi connectivity index (χ0) is 14.2. The van der Waals surface area contributed by atoms with Crippen molar-refractivity contribution < 1.29 is 0 Å². The molecule has 102 valence electrons. The summed E-state index contributed by atoms with van der Waals surface area (Å²) in [5.41, 5.74) is 2.09. The smallest absolute Gasteiger partial charge is 0.156 e. The van der Waals surface area contributed by atoms with Gasteiger partial charge < -0.3 is 5.32 Å². The average molecular weight is 291 g/mol. The van der Waals surface area contributed by atoms with E-state index in [9.17, 15) is 0 Å². The molecule has 0 aliphatic heterocycles. The van der Waals surface area contributed by atoms with Crippen LogP contribution >= 0.6 is 11.3 Å². The number of thiophene rings is 1. The molecule has 2 heterocycles. The number of nitrogens with zero attached hydrogens (tertiary/aromatic N) is 2. The van der Waals surface area contributed by atoms with E-state index in [1.165, 1.54) is 10.1 Å². The van der Waals surface area contributed by atoms with E-state index in [1.54, 1.807) is 11.3 Å². The average Bonchev–Trinajstić information content (AvgIpc) is 3.02. The molecule has 4 rings (SSSR count). The SMILES string of the molecule is CNc1nnc(-c2cccc3ccsc23)c2ccccc12. The minimum absolute atomic E-state index is 0.813. The molecular formula is C17H13N3S. The molecule has 21 heavy (non-hydrogen) atoms. The predicted octanol–water partition coefficient (Wildman–Crippen LogP) is 4.55. The Morgan fingerprint density at radius 1 is 0.905 bits per heavy atom. The lowest BCUT2D eigenvalue weighted by molar-refractivity contribution is 1.06. The third kappa shape index (κ3) is 1.87. The molecule has 0 aliphatic rings. The van der Waals surface area contributed by atoms with Gasteiger partial charge >= 0.3 is 0 Å². The first-order valence-corrected chi connectivity index (χ1v) is 7.66. The van der Waals surface area contributed by atoms with Crippen molar-refractivity contribution in [1.29, 1.82) is 0 Å². The molecule has 3 nitrogen and oxygen atoms in total. The van der Waals surface area contributed by atoms with Crippen molar-refractivity contribution >= 4 is 38.0 Å². The van der Waals surface area contributed by atoms with Crippen LogP contribution in [0.5, 0.6) is 0 Å². The second kappa shape index (κ2) is 4.82. The Morgan fingerprint density at radius 2 is 1.76 bits per heavy atom. The summed E-state index contributed by atoms with van der Waals surface area (Å²) >= 11 is 1.74. The highest BCUT2D eigenvalue weighted by atomic mass is 32.1. The molecule has 0 aliphatic carbocycles. The highest BCUT2D eigenvalue weighted by Gasteiger charge is 2.12. The second-order valence-electron chi connectivity index (χ2n) is 4.84. The van der Waals surface area contributed by atoms with Gasteiger partial charge in [0.05, 0.1) is 0 Å². The van der Waals surface area contributed by atoms with Crippen molar-refractivity contribution in [1.82, 2.24) is 10.2 Å². The van der Waals surface area contributed by atoms with Crippen LogP contribution in [0.25, 0.3) is 32.1 Å². The Labute approximate surface area is 126 Å². The lowest BCUT2D eigenvalue weighted by Crippen LogP contribution is -1.98. The van der Waals surface area contributed by atoms with Crippen LogP contribution in [0.1, 0.15) is 0 Å². The third-order valence-corrected chi connectivity index (χ3v) is 4.62. The van der Waals surface area contributed by atoms with Gasteiger partial charge in [-0.1, -0.05) is 42.5 Å². The molecule has 0 atom stereocenters. The lowest BCUT2D eigenvalue weighted by atomic mass is 10.0. The van der Waals surface area contributed by atoms with Crippen LogP contribution in [-0.2, 0) is 0 Å². The van der Waals surface area contributed by atoms with Gasteiger partial charge in [0.25, 0.3) is 0 Å². The van der Waals surface area contributed by atoms with E-state index in [0.29, 0.717) is 0 Å². The number of aromatic nitrogens is 2. The predicted molar refractivity (Wildman–Crippen MR) is 89.9 cm³/mol. The zero-order valence-corrected chi connectivity index (χ0v) is 12.3. The molecule has 0 unspecified atom stereocenters. The molecule has 0 saturated carbocycles. The number of hydrogen-bond acceptors (Lipinski definition) is 4. The number of anilines is 1. The first-order valence-electron chi connectivity index (χ1n) is 6.78. The van der Waals surface area contributed by atoms with E-state index in [2.05, 4.69) is 57.3 Å². The van der Waals surface area contributed by atoms with Crippen LogP contribution in [0.2, 0.25) is 0 Å². The Kier molecular flexibility index (Phi) is 2.82. The molecular weight excluding hydrogens is 278 g/mol. The summed E-state index contributed by atoms with van der Waals surface area (Å²) < 4.78 is 1.26. The van der Waals surface area contributed by atoms with Crippen molar-refractivity contribution in [2.75, 3.05) is 12.4 Å². The number of fused-ring (bicyclic) bond motifs is 2. The van der Waals surface area contributed by atoms with Crippen LogP contribution in [0.3, 0.4) is 0 Å².